The molecule has 3 rings (SSSR count). The number of aliphatic imine (C=N–C) groups is 1. The topological polar surface area (TPSA) is 82.2 Å². The summed E-state index contributed by atoms with van der Waals surface area (Å²) in [5.41, 5.74) is 2.87. The Bertz CT molecular complexity index is 1110. The van der Waals surface area contributed by atoms with E-state index in [1.165, 1.54) is 18.2 Å². The first-order valence-electron chi connectivity index (χ1n) is 7.97. The molecule has 27 heavy (non-hydrogen) atoms. The van der Waals surface area contributed by atoms with Gasteiger partial charge in [-0.2, -0.15) is 5.26 Å². The number of pyridine rings is 2. The second kappa shape index (κ2) is 7.52. The Labute approximate surface area is 160 Å². The lowest BCUT2D eigenvalue weighted by Crippen LogP contribution is -2.02. The van der Waals surface area contributed by atoms with Crippen molar-refractivity contribution in [1.29, 1.82) is 5.26 Å². The molecule has 0 bridgehead atoms. The van der Waals surface area contributed by atoms with E-state index in [0.29, 0.717) is 22.6 Å². The highest BCUT2D eigenvalue weighted by Crippen LogP contribution is 2.32. The van der Waals surface area contributed by atoms with Crippen LogP contribution in [0.15, 0.2) is 47.6 Å². The number of nitriles is 1. The number of aryl methyl sites for hydroxylation is 2. The number of rotatable bonds is 3. The highest BCUT2D eigenvalue weighted by Gasteiger charge is 2.17. The normalized spacial score (nSPS) is 11.3. The fourth-order valence-corrected chi connectivity index (χ4v) is 2.74. The quantitative estimate of drug-likeness (QED) is 0.655. The van der Waals surface area contributed by atoms with Gasteiger partial charge in [-0.25, -0.2) is 14.4 Å². The van der Waals surface area contributed by atoms with E-state index in [1.54, 1.807) is 31.3 Å². The number of hydrogen-bond acceptors (Lipinski definition) is 5. The van der Waals surface area contributed by atoms with Crippen LogP contribution in [0, 0.1) is 31.0 Å². The molecule has 0 radical (unpaired) electrons. The second-order valence-electron chi connectivity index (χ2n) is 5.86. The summed E-state index contributed by atoms with van der Waals surface area (Å²) in [5, 5.41) is 20.2. The molecule has 3 aromatic rings. The van der Waals surface area contributed by atoms with Crippen LogP contribution in [0.1, 0.15) is 17.0 Å². The van der Waals surface area contributed by atoms with Crippen molar-refractivity contribution < 1.29 is 9.50 Å². The van der Waals surface area contributed by atoms with Crippen molar-refractivity contribution in [3.63, 3.8) is 0 Å². The molecule has 0 fully saturated rings. The van der Waals surface area contributed by atoms with Gasteiger partial charge < -0.3 is 5.11 Å². The minimum Gasteiger partial charge on any atom is -0.505 e. The number of aromatic nitrogens is 2. The van der Waals surface area contributed by atoms with Gasteiger partial charge in [-0.05, 0) is 50.2 Å². The predicted molar refractivity (Wildman–Crippen MR) is 102 cm³/mol. The molecule has 0 spiro atoms. The zero-order valence-electron chi connectivity index (χ0n) is 14.5. The van der Waals surface area contributed by atoms with E-state index in [9.17, 15) is 14.8 Å². The maximum absolute atomic E-state index is 13.3. The van der Waals surface area contributed by atoms with E-state index in [0.717, 1.165) is 5.69 Å². The van der Waals surface area contributed by atoms with Crippen LogP contribution in [-0.2, 0) is 0 Å². The van der Waals surface area contributed by atoms with Crippen molar-refractivity contribution in [2.45, 2.75) is 13.8 Å². The van der Waals surface area contributed by atoms with Gasteiger partial charge >= 0.3 is 0 Å². The van der Waals surface area contributed by atoms with E-state index in [1.807, 2.05) is 13.0 Å². The Morgan fingerprint density at radius 3 is 2.63 bits per heavy atom. The van der Waals surface area contributed by atoms with Crippen molar-refractivity contribution in [2.24, 2.45) is 4.99 Å². The van der Waals surface area contributed by atoms with Gasteiger partial charge in [0.2, 0.25) is 0 Å². The van der Waals surface area contributed by atoms with Crippen LogP contribution >= 0.6 is 11.6 Å². The third-order valence-electron chi connectivity index (χ3n) is 3.80. The summed E-state index contributed by atoms with van der Waals surface area (Å²) in [5.74, 6) is -0.744. The maximum atomic E-state index is 13.3. The van der Waals surface area contributed by atoms with Crippen LogP contribution < -0.4 is 0 Å². The van der Waals surface area contributed by atoms with Crippen molar-refractivity contribution in [3.05, 3.63) is 70.4 Å². The minimum absolute atomic E-state index is 0.0345. The first kappa shape index (κ1) is 18.5. The Morgan fingerprint density at radius 1 is 1.19 bits per heavy atom. The first-order chi connectivity index (χ1) is 12.9. The molecule has 0 aliphatic carbocycles. The lowest BCUT2D eigenvalue weighted by atomic mass is 10.0. The molecule has 1 aromatic carbocycles. The van der Waals surface area contributed by atoms with E-state index in [2.05, 4.69) is 15.0 Å². The molecule has 5 nitrogen and oxygen atoms in total. The van der Waals surface area contributed by atoms with Crippen molar-refractivity contribution in [2.75, 3.05) is 0 Å². The summed E-state index contributed by atoms with van der Waals surface area (Å²) in [6, 6.07) is 10.9. The van der Waals surface area contributed by atoms with Crippen LogP contribution in [-0.4, -0.2) is 20.8 Å². The molecule has 0 saturated heterocycles. The Hall–Kier alpha value is -3.30. The van der Waals surface area contributed by atoms with Crippen LogP contribution in [0.2, 0.25) is 5.02 Å². The van der Waals surface area contributed by atoms with Crippen LogP contribution in [0.5, 0.6) is 5.75 Å². The number of halogens is 2. The summed E-state index contributed by atoms with van der Waals surface area (Å²) in [6.45, 7) is 3.59. The Balaban J connectivity index is 2.16. The Morgan fingerprint density at radius 2 is 1.96 bits per heavy atom. The molecule has 0 amide bonds. The highest BCUT2D eigenvalue weighted by molar-refractivity contribution is 6.31. The molecule has 1 N–H and O–H groups in total. The molecule has 0 aliphatic heterocycles. The van der Waals surface area contributed by atoms with Gasteiger partial charge in [0.05, 0.1) is 16.3 Å². The first-order valence-corrected chi connectivity index (χ1v) is 8.34. The van der Waals surface area contributed by atoms with Gasteiger partial charge in [0.25, 0.3) is 0 Å². The SMILES string of the molecule is Cc1cc(-c2nc(C)cc(/C(C#N)=N/c3ccc(F)c(Cl)c3)c2O)ccn1. The zero-order chi connectivity index (χ0) is 19.6. The monoisotopic (exact) mass is 380 g/mol. The smallest absolute Gasteiger partial charge is 0.152 e. The highest BCUT2D eigenvalue weighted by atomic mass is 35.5. The van der Waals surface area contributed by atoms with Crippen LogP contribution in [0.4, 0.5) is 10.1 Å². The summed E-state index contributed by atoms with van der Waals surface area (Å²) in [4.78, 5) is 12.7. The molecule has 134 valence electrons. The standard InChI is InChI=1S/C20H14ClFN4O/c1-11-7-13(5-6-24-11)19-20(27)15(8-12(2)25-19)18(10-23)26-14-3-4-17(22)16(21)9-14/h3-9,27H,1-2H3/b26-18+. The Kier molecular flexibility index (Phi) is 5.15. The number of benzene rings is 1. The average Bonchev–Trinajstić information content (AvgIpc) is 2.64. The number of aromatic hydroxyl groups is 1. The molecule has 0 aliphatic rings. The van der Waals surface area contributed by atoms with Gasteiger partial charge in [0, 0.05) is 23.1 Å². The van der Waals surface area contributed by atoms with Gasteiger partial charge in [-0.3, -0.25) is 4.98 Å². The molecule has 0 atom stereocenters. The fraction of sp³-hybridized carbons (Fsp3) is 0.100. The molecular formula is C20H14ClFN4O. The lowest BCUT2D eigenvalue weighted by molar-refractivity contribution is 0.473. The second-order valence-corrected chi connectivity index (χ2v) is 6.27. The van der Waals surface area contributed by atoms with Gasteiger partial charge in [-0.15, -0.1) is 0 Å². The van der Waals surface area contributed by atoms with Crippen LogP contribution in [0.25, 0.3) is 11.3 Å². The van der Waals surface area contributed by atoms with E-state index in [-0.39, 0.29) is 22.0 Å². The summed E-state index contributed by atoms with van der Waals surface area (Å²) < 4.78 is 13.3. The van der Waals surface area contributed by atoms with Crippen molar-refractivity contribution in [3.8, 4) is 23.1 Å². The van der Waals surface area contributed by atoms with Crippen LogP contribution in [0.3, 0.4) is 0 Å². The average molecular weight is 381 g/mol. The fourth-order valence-electron chi connectivity index (χ4n) is 2.57. The molecular weight excluding hydrogens is 367 g/mol. The molecule has 2 heterocycles. The summed E-state index contributed by atoms with van der Waals surface area (Å²) in [6.07, 6.45) is 1.62. The third kappa shape index (κ3) is 3.94. The van der Waals surface area contributed by atoms with Gasteiger partial charge in [0.15, 0.2) is 11.5 Å². The zero-order valence-corrected chi connectivity index (χ0v) is 15.3. The third-order valence-corrected chi connectivity index (χ3v) is 4.09. The van der Waals surface area contributed by atoms with Gasteiger partial charge in [-0.1, -0.05) is 11.6 Å². The number of nitrogens with zero attached hydrogens (tertiary/aromatic N) is 4. The van der Waals surface area contributed by atoms with Gasteiger partial charge in [0.1, 0.15) is 17.6 Å². The molecule has 0 saturated carbocycles. The van der Waals surface area contributed by atoms with E-state index < -0.39 is 5.82 Å². The molecule has 0 unspecified atom stereocenters. The van der Waals surface area contributed by atoms with E-state index in [4.69, 9.17) is 11.6 Å². The minimum atomic E-state index is -0.577. The maximum Gasteiger partial charge on any atom is 0.152 e. The van der Waals surface area contributed by atoms with Crippen molar-refractivity contribution >= 4 is 23.0 Å². The number of hydrogen-bond donors (Lipinski definition) is 1. The largest absolute Gasteiger partial charge is 0.505 e. The summed E-state index contributed by atoms with van der Waals surface area (Å²) >= 11 is 5.77. The van der Waals surface area contributed by atoms with Crippen molar-refractivity contribution in [1.82, 2.24) is 9.97 Å². The lowest BCUT2D eigenvalue weighted by Gasteiger charge is -2.10. The molecule has 2 aromatic heterocycles. The van der Waals surface area contributed by atoms with E-state index >= 15 is 0 Å². The predicted octanol–water partition coefficient (Wildman–Crippen LogP) is 4.90. The molecule has 7 heteroatoms. The summed E-state index contributed by atoms with van der Waals surface area (Å²) in [7, 11) is 0.